The Balaban J connectivity index is 1.48. The minimum atomic E-state index is -0.191. The first kappa shape index (κ1) is 24.1. The van der Waals surface area contributed by atoms with Gasteiger partial charge in [-0.2, -0.15) is 0 Å². The Hall–Kier alpha value is -3.28. The van der Waals surface area contributed by atoms with E-state index in [1.165, 1.54) is 5.56 Å². The molecule has 2 aromatic heterocycles. The SMILES string of the molecule is CCCc1c(-n2nc(C3(c4ccc(Cl)cc4)CCC3)o2)nc(-c2ccccc2C)n1-c1ccc(Cl)cc1. The van der Waals surface area contributed by atoms with Crippen LogP contribution in [0.3, 0.4) is 0 Å². The zero-order valence-corrected chi connectivity index (χ0v) is 22.4. The second kappa shape index (κ2) is 9.55. The van der Waals surface area contributed by atoms with Gasteiger partial charge in [-0.3, -0.25) is 4.57 Å². The van der Waals surface area contributed by atoms with Crippen LogP contribution in [-0.4, -0.2) is 19.5 Å². The number of rotatable bonds is 7. The van der Waals surface area contributed by atoms with Crippen molar-refractivity contribution in [3.8, 4) is 22.9 Å². The summed E-state index contributed by atoms with van der Waals surface area (Å²) in [5.74, 6) is 2.34. The highest BCUT2D eigenvalue weighted by Crippen LogP contribution is 2.49. The second-order valence-corrected chi connectivity index (χ2v) is 10.7. The summed E-state index contributed by atoms with van der Waals surface area (Å²) < 4.78 is 8.56. The van der Waals surface area contributed by atoms with Crippen LogP contribution in [0.5, 0.6) is 0 Å². The normalized spacial score (nSPS) is 14.6. The Morgan fingerprint density at radius 3 is 2.16 bits per heavy atom. The fourth-order valence-electron chi connectivity index (χ4n) is 5.30. The Labute approximate surface area is 226 Å². The quantitative estimate of drug-likeness (QED) is 0.212. The van der Waals surface area contributed by atoms with Crippen molar-refractivity contribution >= 4 is 23.2 Å². The van der Waals surface area contributed by atoms with Crippen molar-refractivity contribution in [3.05, 3.63) is 106 Å². The maximum Gasteiger partial charge on any atom is 0.256 e. The van der Waals surface area contributed by atoms with Gasteiger partial charge >= 0.3 is 0 Å². The van der Waals surface area contributed by atoms with Crippen LogP contribution in [0.2, 0.25) is 10.0 Å². The first-order valence-electron chi connectivity index (χ1n) is 12.8. The molecule has 188 valence electrons. The number of hydrogen-bond acceptors (Lipinski definition) is 3. The summed E-state index contributed by atoms with van der Waals surface area (Å²) >= 11 is 12.4. The minimum absolute atomic E-state index is 0.191. The van der Waals surface area contributed by atoms with Gasteiger partial charge in [-0.15, -0.1) is 0 Å². The highest BCUT2D eigenvalue weighted by molar-refractivity contribution is 6.30. The van der Waals surface area contributed by atoms with Crippen molar-refractivity contribution in [1.29, 1.82) is 0 Å². The molecule has 5 nitrogen and oxygen atoms in total. The fraction of sp³-hybridized carbons (Fsp3) is 0.267. The summed E-state index contributed by atoms with van der Waals surface area (Å²) in [5.41, 5.74) is 5.29. The molecule has 0 atom stereocenters. The number of aromatic nitrogens is 4. The largest absolute Gasteiger partial charge is 0.337 e. The summed E-state index contributed by atoms with van der Waals surface area (Å²) in [5, 5.41) is 6.34. The standard InChI is InChI=1S/C30H28Cl2N4O/c1-3-7-26-28(36-34-29(37-36)30(18-6-19-30)21-10-12-22(31)13-11-21)33-27(25-9-5-4-8-20(25)2)35(26)24-16-14-23(32)15-17-24/h4-5,8-17H,3,6-7,18-19H2,1-2H3. The van der Waals surface area contributed by atoms with E-state index >= 15 is 0 Å². The van der Waals surface area contributed by atoms with Gasteiger partial charge in [-0.25, -0.2) is 4.98 Å². The molecule has 7 heteroatoms. The zero-order chi connectivity index (χ0) is 25.6. The van der Waals surface area contributed by atoms with Crippen LogP contribution in [0.15, 0.2) is 77.3 Å². The predicted octanol–water partition coefficient (Wildman–Crippen LogP) is 8.36. The van der Waals surface area contributed by atoms with Crippen LogP contribution in [-0.2, 0) is 11.8 Å². The van der Waals surface area contributed by atoms with Gasteiger partial charge in [0.15, 0.2) is 0 Å². The van der Waals surface area contributed by atoms with E-state index < -0.39 is 0 Å². The molecule has 0 unspecified atom stereocenters. The smallest absolute Gasteiger partial charge is 0.256 e. The Bertz CT molecular complexity index is 1530. The molecule has 0 amide bonds. The molecule has 0 bridgehead atoms. The van der Waals surface area contributed by atoms with E-state index in [1.807, 2.05) is 48.5 Å². The molecule has 1 saturated carbocycles. The molecule has 1 fully saturated rings. The van der Waals surface area contributed by atoms with E-state index in [9.17, 15) is 0 Å². The van der Waals surface area contributed by atoms with Crippen LogP contribution >= 0.6 is 23.2 Å². The number of halogens is 2. The van der Waals surface area contributed by atoms with Crippen LogP contribution < -0.4 is 0 Å². The number of aryl methyl sites for hydroxylation is 1. The lowest BCUT2D eigenvalue weighted by molar-refractivity contribution is 0.101. The molecule has 3 aromatic carbocycles. The van der Waals surface area contributed by atoms with Gasteiger partial charge in [-0.1, -0.05) is 89.3 Å². The third-order valence-electron chi connectivity index (χ3n) is 7.46. The van der Waals surface area contributed by atoms with E-state index in [1.54, 1.807) is 4.85 Å². The van der Waals surface area contributed by atoms with E-state index in [-0.39, 0.29) is 5.41 Å². The lowest BCUT2D eigenvalue weighted by Gasteiger charge is -2.40. The van der Waals surface area contributed by atoms with E-state index in [4.69, 9.17) is 37.8 Å². The maximum absolute atomic E-state index is 6.35. The summed E-state index contributed by atoms with van der Waals surface area (Å²) in [6.07, 6.45) is 4.95. The predicted molar refractivity (Wildman–Crippen MR) is 148 cm³/mol. The summed E-state index contributed by atoms with van der Waals surface area (Å²) in [6, 6.07) is 24.3. The summed E-state index contributed by atoms with van der Waals surface area (Å²) in [4.78, 5) is 6.73. The van der Waals surface area contributed by atoms with Gasteiger partial charge in [0, 0.05) is 21.3 Å². The summed E-state index contributed by atoms with van der Waals surface area (Å²) in [6.45, 7) is 4.28. The third-order valence-corrected chi connectivity index (χ3v) is 7.96. The summed E-state index contributed by atoms with van der Waals surface area (Å²) in [7, 11) is 0. The van der Waals surface area contributed by atoms with E-state index in [2.05, 4.69) is 42.7 Å². The van der Waals surface area contributed by atoms with Gasteiger partial charge in [0.1, 0.15) is 5.82 Å². The molecule has 37 heavy (non-hydrogen) atoms. The van der Waals surface area contributed by atoms with Gasteiger partial charge in [0.25, 0.3) is 5.89 Å². The Morgan fingerprint density at radius 1 is 0.919 bits per heavy atom. The molecule has 0 saturated heterocycles. The van der Waals surface area contributed by atoms with Crippen molar-refractivity contribution in [2.45, 2.75) is 51.4 Å². The first-order valence-corrected chi connectivity index (χ1v) is 13.5. The Kier molecular flexibility index (Phi) is 6.21. The van der Waals surface area contributed by atoms with Crippen molar-refractivity contribution < 1.29 is 4.52 Å². The fourth-order valence-corrected chi connectivity index (χ4v) is 5.55. The molecular formula is C30H28Cl2N4O. The zero-order valence-electron chi connectivity index (χ0n) is 20.9. The van der Waals surface area contributed by atoms with Crippen molar-refractivity contribution in [1.82, 2.24) is 19.5 Å². The number of benzene rings is 3. The van der Waals surface area contributed by atoms with Gasteiger partial charge in [0.2, 0.25) is 5.82 Å². The van der Waals surface area contributed by atoms with Crippen molar-refractivity contribution in [2.75, 3.05) is 0 Å². The maximum atomic E-state index is 6.35. The molecule has 1 aliphatic carbocycles. The number of nitrogens with zero attached hydrogens (tertiary/aromatic N) is 4. The molecule has 5 aromatic rings. The minimum Gasteiger partial charge on any atom is -0.337 e. The molecule has 6 rings (SSSR count). The van der Waals surface area contributed by atoms with Crippen LogP contribution in [0.1, 0.15) is 55.3 Å². The topological polar surface area (TPSA) is 48.8 Å². The van der Waals surface area contributed by atoms with Crippen molar-refractivity contribution in [2.24, 2.45) is 0 Å². The van der Waals surface area contributed by atoms with Crippen molar-refractivity contribution in [3.63, 3.8) is 0 Å². The Morgan fingerprint density at radius 2 is 1.57 bits per heavy atom. The van der Waals surface area contributed by atoms with Gasteiger partial charge in [0.05, 0.1) is 11.1 Å². The first-order chi connectivity index (χ1) is 18.0. The molecule has 1 aliphatic rings. The molecule has 0 N–H and O–H groups in total. The van der Waals surface area contributed by atoms with Crippen LogP contribution in [0, 0.1) is 6.92 Å². The molecule has 2 heterocycles. The van der Waals surface area contributed by atoms with Gasteiger partial charge < -0.3 is 4.52 Å². The average molecular weight is 531 g/mol. The number of imidazole rings is 1. The van der Waals surface area contributed by atoms with E-state index in [0.29, 0.717) is 5.02 Å². The number of hydrogen-bond donors (Lipinski definition) is 0. The lowest BCUT2D eigenvalue weighted by atomic mass is 9.64. The highest BCUT2D eigenvalue weighted by Gasteiger charge is 2.47. The highest BCUT2D eigenvalue weighted by atomic mass is 35.5. The molecule has 0 radical (unpaired) electrons. The molecule has 0 aliphatic heterocycles. The third kappa shape index (κ3) is 4.11. The monoisotopic (exact) mass is 530 g/mol. The van der Waals surface area contributed by atoms with Crippen LogP contribution in [0.25, 0.3) is 22.9 Å². The van der Waals surface area contributed by atoms with Gasteiger partial charge in [-0.05, 0) is 73.7 Å². The molecular weight excluding hydrogens is 503 g/mol. The second-order valence-electron chi connectivity index (χ2n) is 9.79. The molecule has 0 spiro atoms. The average Bonchev–Trinajstić information content (AvgIpc) is 3.20. The lowest BCUT2D eigenvalue weighted by Crippen LogP contribution is -2.39. The van der Waals surface area contributed by atoms with Crippen LogP contribution in [0.4, 0.5) is 0 Å². The van der Waals surface area contributed by atoms with E-state index in [0.717, 1.165) is 77.2 Å².